The van der Waals surface area contributed by atoms with Crippen LogP contribution < -0.4 is 0 Å². The predicted molar refractivity (Wildman–Crippen MR) is 48.5 cm³/mol. The molecule has 0 aromatic carbocycles. The summed E-state index contributed by atoms with van der Waals surface area (Å²) in [4.78, 5) is 11.4. The summed E-state index contributed by atoms with van der Waals surface area (Å²) in [6.45, 7) is 4.27. The first-order valence-electron chi connectivity index (χ1n) is 4.33. The third kappa shape index (κ3) is 2.31. The maximum absolute atomic E-state index is 11.4. The van der Waals surface area contributed by atoms with Gasteiger partial charge in [0.2, 0.25) is 0 Å². The Morgan fingerprint density at radius 2 is 2.38 bits per heavy atom. The Hall–Kier alpha value is -1.32. The molecular weight excluding hydrogens is 168 g/mol. The van der Waals surface area contributed by atoms with Crippen LogP contribution in [0.5, 0.6) is 0 Å². The zero-order chi connectivity index (χ0) is 9.84. The smallest absolute Gasteiger partial charge is 0.356 e. The molecule has 4 nitrogen and oxygen atoms in total. The highest BCUT2D eigenvalue weighted by Gasteiger charge is 2.12. The summed E-state index contributed by atoms with van der Waals surface area (Å²) in [6.07, 6.45) is 0.836. The number of ether oxygens (including phenoxy) is 1. The van der Waals surface area contributed by atoms with E-state index in [0.29, 0.717) is 12.3 Å². The number of aromatic nitrogens is 2. The van der Waals surface area contributed by atoms with Crippen LogP contribution in [0.25, 0.3) is 0 Å². The van der Waals surface area contributed by atoms with Crippen molar-refractivity contribution in [1.29, 1.82) is 0 Å². The zero-order valence-corrected chi connectivity index (χ0v) is 8.20. The second-order valence-corrected chi connectivity index (χ2v) is 2.93. The van der Waals surface area contributed by atoms with Gasteiger partial charge in [-0.1, -0.05) is 6.92 Å². The summed E-state index contributed by atoms with van der Waals surface area (Å²) in [5, 5.41) is 4.06. The normalized spacial score (nSPS) is 10.1. The second-order valence-electron chi connectivity index (χ2n) is 2.93. The van der Waals surface area contributed by atoms with E-state index in [1.807, 2.05) is 13.8 Å². The van der Waals surface area contributed by atoms with Gasteiger partial charge in [-0.25, -0.2) is 4.79 Å². The maximum Gasteiger partial charge on any atom is 0.356 e. The lowest BCUT2D eigenvalue weighted by Gasteiger charge is -2.01. The van der Waals surface area contributed by atoms with Crippen molar-refractivity contribution in [1.82, 2.24) is 9.78 Å². The molecule has 0 radical (unpaired) electrons. The molecule has 0 aliphatic rings. The number of rotatable bonds is 3. The molecule has 0 N–H and O–H groups in total. The van der Waals surface area contributed by atoms with E-state index in [9.17, 15) is 4.79 Å². The molecule has 0 saturated carbocycles. The first-order chi connectivity index (χ1) is 6.15. The fraction of sp³-hybridized carbons (Fsp3) is 0.556. The van der Waals surface area contributed by atoms with Gasteiger partial charge < -0.3 is 4.74 Å². The van der Waals surface area contributed by atoms with Gasteiger partial charge in [0.15, 0.2) is 0 Å². The Bertz CT molecular complexity index is 305. The van der Waals surface area contributed by atoms with Gasteiger partial charge in [-0.05, 0) is 19.4 Å². The summed E-state index contributed by atoms with van der Waals surface area (Å²) < 4.78 is 6.51. The fourth-order valence-corrected chi connectivity index (χ4v) is 1.07. The van der Waals surface area contributed by atoms with Crippen LogP contribution in [0.2, 0.25) is 0 Å². The van der Waals surface area contributed by atoms with Crippen LogP contribution in [0.3, 0.4) is 0 Å². The van der Waals surface area contributed by atoms with Gasteiger partial charge in [-0.15, -0.1) is 0 Å². The van der Waals surface area contributed by atoms with E-state index < -0.39 is 0 Å². The Kier molecular flexibility index (Phi) is 3.06. The zero-order valence-electron chi connectivity index (χ0n) is 8.20. The molecular formula is C9H14N2O2. The van der Waals surface area contributed by atoms with Crippen molar-refractivity contribution >= 4 is 5.97 Å². The van der Waals surface area contributed by atoms with Crippen molar-refractivity contribution in [2.45, 2.75) is 20.3 Å². The number of carbonyl (C=O) groups excluding carboxylic acids is 1. The van der Waals surface area contributed by atoms with E-state index in [1.54, 1.807) is 13.1 Å². The molecule has 1 rings (SSSR count). The molecule has 0 fully saturated rings. The Morgan fingerprint density at radius 1 is 1.69 bits per heavy atom. The highest BCUT2D eigenvalue weighted by Crippen LogP contribution is 2.03. The molecule has 0 atom stereocenters. The third-order valence-electron chi connectivity index (χ3n) is 1.65. The van der Waals surface area contributed by atoms with E-state index in [2.05, 4.69) is 5.10 Å². The first kappa shape index (κ1) is 9.77. The predicted octanol–water partition coefficient (Wildman–Crippen LogP) is 1.30. The highest BCUT2D eigenvalue weighted by molar-refractivity contribution is 5.87. The van der Waals surface area contributed by atoms with E-state index in [1.165, 1.54) is 4.68 Å². The molecule has 13 heavy (non-hydrogen) atoms. The number of esters is 1. The molecule has 4 heteroatoms. The minimum absolute atomic E-state index is 0.301. The van der Waals surface area contributed by atoms with E-state index >= 15 is 0 Å². The fourth-order valence-electron chi connectivity index (χ4n) is 1.07. The van der Waals surface area contributed by atoms with Gasteiger partial charge in [0.1, 0.15) is 5.69 Å². The van der Waals surface area contributed by atoms with E-state index in [4.69, 9.17) is 4.74 Å². The lowest BCUT2D eigenvalue weighted by Crippen LogP contribution is -2.10. The Balaban J connectivity index is 2.70. The lowest BCUT2D eigenvalue weighted by molar-refractivity contribution is 0.0492. The molecule has 0 aliphatic carbocycles. The van der Waals surface area contributed by atoms with Gasteiger partial charge in [0.25, 0.3) is 0 Å². The van der Waals surface area contributed by atoms with Crippen molar-refractivity contribution in [3.05, 3.63) is 17.5 Å². The van der Waals surface area contributed by atoms with Gasteiger partial charge in [-0.2, -0.15) is 5.10 Å². The third-order valence-corrected chi connectivity index (χ3v) is 1.65. The van der Waals surface area contributed by atoms with Crippen LogP contribution in [-0.4, -0.2) is 22.4 Å². The van der Waals surface area contributed by atoms with E-state index in [-0.39, 0.29) is 5.97 Å². The standard InChI is InChI=1S/C9H14N2O2/c1-4-5-13-9(12)8-6-7(2)10-11(8)3/h6H,4-5H2,1-3H3. The van der Waals surface area contributed by atoms with Gasteiger partial charge in [-0.3, -0.25) is 4.68 Å². The minimum Gasteiger partial charge on any atom is -0.461 e. The molecule has 72 valence electrons. The average molecular weight is 182 g/mol. The molecule has 0 spiro atoms. The van der Waals surface area contributed by atoms with Crippen molar-refractivity contribution in [3.8, 4) is 0 Å². The molecule has 0 amide bonds. The van der Waals surface area contributed by atoms with Crippen molar-refractivity contribution < 1.29 is 9.53 Å². The number of hydrogen-bond donors (Lipinski definition) is 0. The van der Waals surface area contributed by atoms with Crippen molar-refractivity contribution in [3.63, 3.8) is 0 Å². The Morgan fingerprint density at radius 3 is 2.85 bits per heavy atom. The minimum atomic E-state index is -0.301. The topological polar surface area (TPSA) is 44.1 Å². The maximum atomic E-state index is 11.4. The molecule has 0 bridgehead atoms. The largest absolute Gasteiger partial charge is 0.461 e. The second kappa shape index (κ2) is 4.07. The monoisotopic (exact) mass is 182 g/mol. The van der Waals surface area contributed by atoms with Crippen LogP contribution in [0.15, 0.2) is 6.07 Å². The van der Waals surface area contributed by atoms with Gasteiger partial charge in [0, 0.05) is 7.05 Å². The summed E-state index contributed by atoms with van der Waals surface area (Å²) in [6, 6.07) is 1.72. The first-order valence-corrected chi connectivity index (χ1v) is 4.33. The van der Waals surface area contributed by atoms with Crippen LogP contribution in [0.1, 0.15) is 29.5 Å². The lowest BCUT2D eigenvalue weighted by atomic mass is 10.4. The average Bonchev–Trinajstić information content (AvgIpc) is 2.41. The molecule has 1 heterocycles. The van der Waals surface area contributed by atoms with Crippen molar-refractivity contribution in [2.75, 3.05) is 6.61 Å². The van der Waals surface area contributed by atoms with Gasteiger partial charge >= 0.3 is 5.97 Å². The van der Waals surface area contributed by atoms with Gasteiger partial charge in [0.05, 0.1) is 12.3 Å². The summed E-state index contributed by atoms with van der Waals surface area (Å²) in [5.74, 6) is -0.301. The van der Waals surface area contributed by atoms with Crippen LogP contribution in [-0.2, 0) is 11.8 Å². The number of hydrogen-bond acceptors (Lipinski definition) is 3. The molecule has 1 aromatic heterocycles. The summed E-state index contributed by atoms with van der Waals surface area (Å²) >= 11 is 0. The van der Waals surface area contributed by atoms with E-state index in [0.717, 1.165) is 12.1 Å². The number of nitrogens with zero attached hydrogens (tertiary/aromatic N) is 2. The number of aryl methyl sites for hydroxylation is 2. The quantitative estimate of drug-likeness (QED) is 0.662. The molecule has 1 aromatic rings. The molecule has 0 aliphatic heterocycles. The molecule has 0 saturated heterocycles. The van der Waals surface area contributed by atoms with Crippen molar-refractivity contribution in [2.24, 2.45) is 7.05 Å². The van der Waals surface area contributed by atoms with Crippen LogP contribution in [0, 0.1) is 6.92 Å². The SMILES string of the molecule is CCCOC(=O)c1cc(C)nn1C. The molecule has 0 unspecified atom stereocenters. The Labute approximate surface area is 77.5 Å². The summed E-state index contributed by atoms with van der Waals surface area (Å²) in [7, 11) is 1.73. The van der Waals surface area contributed by atoms with Crippen LogP contribution in [0.4, 0.5) is 0 Å². The highest BCUT2D eigenvalue weighted by atomic mass is 16.5. The number of carbonyl (C=O) groups is 1. The summed E-state index contributed by atoms with van der Waals surface area (Å²) in [5.41, 5.74) is 1.33. The van der Waals surface area contributed by atoms with Crippen LogP contribution >= 0.6 is 0 Å².